The van der Waals surface area contributed by atoms with Crippen molar-refractivity contribution in [1.82, 2.24) is 5.32 Å². The van der Waals surface area contributed by atoms with Gasteiger partial charge in [0.2, 0.25) is 0 Å². The molecule has 0 saturated heterocycles. The molecule has 0 radical (unpaired) electrons. The summed E-state index contributed by atoms with van der Waals surface area (Å²) in [5, 5.41) is 3.95. The molecule has 3 N–H and O–H groups in total. The lowest BCUT2D eigenvalue weighted by Crippen LogP contribution is -2.64. The molecule has 0 amide bonds. The van der Waals surface area contributed by atoms with Crippen LogP contribution in [0.1, 0.15) is 65.2 Å². The molecule has 2 aliphatic rings. The van der Waals surface area contributed by atoms with E-state index in [4.69, 9.17) is 5.73 Å². The molecule has 1 atom stereocenters. The number of nitrogens with two attached hydrogens (primary N) is 1. The van der Waals surface area contributed by atoms with Crippen LogP contribution < -0.4 is 11.1 Å². The summed E-state index contributed by atoms with van der Waals surface area (Å²) in [7, 11) is 0. The maximum Gasteiger partial charge on any atom is 0.0357 e. The molecule has 0 bridgehead atoms. The Bertz CT molecular complexity index is 231. The number of nitrogens with one attached hydrogen (secondary N) is 1. The summed E-state index contributed by atoms with van der Waals surface area (Å²) in [5.41, 5.74) is 6.70. The van der Waals surface area contributed by atoms with Crippen LogP contribution in [0.5, 0.6) is 0 Å². The van der Waals surface area contributed by atoms with Crippen LogP contribution in [0.2, 0.25) is 0 Å². The standard InChI is InChI=1S/C14H28N2/c1-13(2)9-5-6-10-14(13,11-15)16-12-7-3-4-8-12/h12,16H,3-11,15H2,1-2H3. The molecule has 16 heavy (non-hydrogen) atoms. The first kappa shape index (κ1) is 12.4. The summed E-state index contributed by atoms with van der Waals surface area (Å²) in [6.07, 6.45) is 10.8. The molecular formula is C14H28N2. The molecule has 0 heterocycles. The largest absolute Gasteiger partial charge is 0.329 e. The minimum Gasteiger partial charge on any atom is -0.329 e. The molecule has 2 aliphatic carbocycles. The highest BCUT2D eigenvalue weighted by molar-refractivity contribution is 5.05. The van der Waals surface area contributed by atoms with Gasteiger partial charge in [-0.2, -0.15) is 0 Å². The Morgan fingerprint density at radius 1 is 1.06 bits per heavy atom. The third-order valence-corrected chi connectivity index (χ3v) is 5.13. The van der Waals surface area contributed by atoms with Gasteiger partial charge in [0, 0.05) is 18.1 Å². The van der Waals surface area contributed by atoms with Crippen LogP contribution in [0.15, 0.2) is 0 Å². The van der Waals surface area contributed by atoms with Crippen molar-refractivity contribution in [2.45, 2.75) is 76.8 Å². The van der Waals surface area contributed by atoms with Gasteiger partial charge >= 0.3 is 0 Å². The molecule has 94 valence electrons. The van der Waals surface area contributed by atoms with Crippen LogP contribution >= 0.6 is 0 Å². The van der Waals surface area contributed by atoms with E-state index in [2.05, 4.69) is 19.2 Å². The zero-order valence-electron chi connectivity index (χ0n) is 11.0. The van der Waals surface area contributed by atoms with Gasteiger partial charge in [0.05, 0.1) is 0 Å². The molecule has 0 aromatic rings. The Hall–Kier alpha value is -0.0800. The lowest BCUT2D eigenvalue weighted by Gasteiger charge is -2.52. The minimum absolute atomic E-state index is 0.209. The van der Waals surface area contributed by atoms with Gasteiger partial charge < -0.3 is 11.1 Å². The molecule has 0 aromatic carbocycles. The van der Waals surface area contributed by atoms with Gasteiger partial charge in [-0.05, 0) is 31.1 Å². The Kier molecular flexibility index (Phi) is 3.60. The smallest absolute Gasteiger partial charge is 0.0357 e. The lowest BCUT2D eigenvalue weighted by atomic mass is 9.63. The maximum atomic E-state index is 6.13. The molecule has 2 heteroatoms. The molecular weight excluding hydrogens is 196 g/mol. The van der Waals surface area contributed by atoms with Crippen molar-refractivity contribution in [3.05, 3.63) is 0 Å². The predicted molar refractivity (Wildman–Crippen MR) is 69.4 cm³/mol. The molecule has 0 aliphatic heterocycles. The van der Waals surface area contributed by atoms with Crippen molar-refractivity contribution in [2.24, 2.45) is 11.1 Å². The summed E-state index contributed by atoms with van der Waals surface area (Å²) in [4.78, 5) is 0. The molecule has 2 fully saturated rings. The summed E-state index contributed by atoms with van der Waals surface area (Å²) in [5.74, 6) is 0. The van der Waals surface area contributed by atoms with E-state index in [1.165, 1.54) is 51.4 Å². The van der Waals surface area contributed by atoms with E-state index in [0.717, 1.165) is 12.6 Å². The van der Waals surface area contributed by atoms with E-state index in [1.807, 2.05) is 0 Å². The number of hydrogen-bond donors (Lipinski definition) is 2. The highest BCUT2D eigenvalue weighted by Gasteiger charge is 2.46. The van der Waals surface area contributed by atoms with E-state index >= 15 is 0 Å². The zero-order chi connectivity index (χ0) is 11.6. The Morgan fingerprint density at radius 2 is 1.69 bits per heavy atom. The summed E-state index contributed by atoms with van der Waals surface area (Å²) in [6, 6.07) is 0.737. The van der Waals surface area contributed by atoms with Crippen LogP contribution in [-0.2, 0) is 0 Å². The first-order chi connectivity index (χ1) is 7.60. The van der Waals surface area contributed by atoms with Crippen LogP contribution in [0.3, 0.4) is 0 Å². The monoisotopic (exact) mass is 224 g/mol. The van der Waals surface area contributed by atoms with Crippen molar-refractivity contribution in [3.63, 3.8) is 0 Å². The van der Waals surface area contributed by atoms with Gasteiger partial charge in [0.1, 0.15) is 0 Å². The van der Waals surface area contributed by atoms with E-state index in [9.17, 15) is 0 Å². The second-order valence-corrected chi connectivity index (χ2v) is 6.50. The average Bonchev–Trinajstić information content (AvgIpc) is 2.74. The molecule has 2 nitrogen and oxygen atoms in total. The Labute approximate surface area is 100 Å². The van der Waals surface area contributed by atoms with Gasteiger partial charge in [-0.3, -0.25) is 0 Å². The van der Waals surface area contributed by atoms with E-state index < -0.39 is 0 Å². The third kappa shape index (κ3) is 2.14. The van der Waals surface area contributed by atoms with Crippen molar-refractivity contribution in [2.75, 3.05) is 6.54 Å². The van der Waals surface area contributed by atoms with Gasteiger partial charge in [-0.1, -0.05) is 39.5 Å². The van der Waals surface area contributed by atoms with Gasteiger partial charge in [-0.25, -0.2) is 0 Å². The third-order valence-electron chi connectivity index (χ3n) is 5.13. The zero-order valence-corrected chi connectivity index (χ0v) is 11.0. The minimum atomic E-state index is 0.209. The van der Waals surface area contributed by atoms with Crippen LogP contribution in [0.25, 0.3) is 0 Å². The lowest BCUT2D eigenvalue weighted by molar-refractivity contribution is 0.0581. The molecule has 0 aromatic heterocycles. The second-order valence-electron chi connectivity index (χ2n) is 6.50. The fourth-order valence-corrected chi connectivity index (χ4v) is 3.74. The summed E-state index contributed by atoms with van der Waals surface area (Å²) >= 11 is 0. The Morgan fingerprint density at radius 3 is 2.25 bits per heavy atom. The van der Waals surface area contributed by atoms with E-state index in [0.29, 0.717) is 5.41 Å². The quantitative estimate of drug-likeness (QED) is 0.773. The molecule has 0 spiro atoms. The van der Waals surface area contributed by atoms with Gasteiger partial charge in [-0.15, -0.1) is 0 Å². The highest BCUT2D eigenvalue weighted by Crippen LogP contribution is 2.44. The fraction of sp³-hybridized carbons (Fsp3) is 1.00. The SMILES string of the molecule is CC1(C)CCCCC1(CN)NC1CCCC1. The van der Waals surface area contributed by atoms with Crippen molar-refractivity contribution in [1.29, 1.82) is 0 Å². The van der Waals surface area contributed by atoms with E-state index in [1.54, 1.807) is 0 Å². The summed E-state index contributed by atoms with van der Waals surface area (Å²) in [6.45, 7) is 5.61. The average molecular weight is 224 g/mol. The Balaban J connectivity index is 2.09. The summed E-state index contributed by atoms with van der Waals surface area (Å²) < 4.78 is 0. The van der Waals surface area contributed by atoms with Gasteiger partial charge in [0.25, 0.3) is 0 Å². The second kappa shape index (κ2) is 4.66. The molecule has 2 saturated carbocycles. The topological polar surface area (TPSA) is 38.0 Å². The predicted octanol–water partition coefficient (Wildman–Crippen LogP) is 2.82. The maximum absolute atomic E-state index is 6.13. The normalized spacial score (nSPS) is 35.4. The molecule has 2 rings (SSSR count). The van der Waals surface area contributed by atoms with Gasteiger partial charge in [0.15, 0.2) is 0 Å². The number of hydrogen-bond acceptors (Lipinski definition) is 2. The van der Waals surface area contributed by atoms with Crippen molar-refractivity contribution >= 4 is 0 Å². The first-order valence-electron chi connectivity index (χ1n) is 7.07. The highest BCUT2D eigenvalue weighted by atomic mass is 15.1. The van der Waals surface area contributed by atoms with Crippen LogP contribution in [-0.4, -0.2) is 18.1 Å². The van der Waals surface area contributed by atoms with Crippen molar-refractivity contribution in [3.8, 4) is 0 Å². The number of rotatable bonds is 3. The van der Waals surface area contributed by atoms with E-state index in [-0.39, 0.29) is 5.54 Å². The van der Waals surface area contributed by atoms with Crippen LogP contribution in [0.4, 0.5) is 0 Å². The fourth-order valence-electron chi connectivity index (χ4n) is 3.74. The van der Waals surface area contributed by atoms with Crippen LogP contribution in [0, 0.1) is 5.41 Å². The molecule has 1 unspecified atom stereocenters. The van der Waals surface area contributed by atoms with Crippen molar-refractivity contribution < 1.29 is 0 Å². The first-order valence-corrected chi connectivity index (χ1v) is 7.07.